The molecule has 2 fully saturated rings. The van der Waals surface area contributed by atoms with E-state index in [9.17, 15) is 0 Å². The number of rotatable bonds is 8. The molecule has 2 aromatic carbocycles. The molecule has 188 valence electrons. The van der Waals surface area contributed by atoms with Crippen LogP contribution in [0, 0.1) is 0 Å². The summed E-state index contributed by atoms with van der Waals surface area (Å²) >= 11 is 3.77. The fourth-order valence-electron chi connectivity index (χ4n) is 3.79. The minimum atomic E-state index is 0.309. The van der Waals surface area contributed by atoms with Gasteiger partial charge in [-0.2, -0.15) is 0 Å². The molecule has 0 aliphatic carbocycles. The summed E-state index contributed by atoms with van der Waals surface area (Å²) < 4.78 is 31.9. The van der Waals surface area contributed by atoms with Gasteiger partial charge in [-0.25, -0.2) is 0 Å². The second-order valence-electron chi connectivity index (χ2n) is 7.33. The van der Waals surface area contributed by atoms with Crippen LogP contribution in [0.3, 0.4) is 0 Å². The average molecular weight is 511 g/mol. The normalized spacial score (nSPS) is 19.1. The van der Waals surface area contributed by atoms with Crippen LogP contribution < -0.4 is 39.1 Å². The van der Waals surface area contributed by atoms with Crippen LogP contribution in [0.15, 0.2) is 24.3 Å². The molecule has 0 bridgehead atoms. The molecule has 34 heavy (non-hydrogen) atoms. The van der Waals surface area contributed by atoms with E-state index < -0.39 is 0 Å². The number of methoxy groups -OCH3 is 6. The highest BCUT2D eigenvalue weighted by molar-refractivity contribution is 8.00. The molecule has 0 amide bonds. The Hall–Kier alpha value is -2.14. The van der Waals surface area contributed by atoms with Gasteiger partial charge in [0.15, 0.2) is 23.0 Å². The van der Waals surface area contributed by atoms with Gasteiger partial charge in [0.05, 0.1) is 53.4 Å². The van der Waals surface area contributed by atoms with Crippen LogP contribution in [0.1, 0.15) is 21.9 Å². The molecule has 0 radical (unpaired) electrons. The molecule has 2 N–H and O–H groups in total. The highest BCUT2D eigenvalue weighted by atomic mass is 32.2. The van der Waals surface area contributed by atoms with Gasteiger partial charge in [0, 0.05) is 24.6 Å². The molecule has 2 aliphatic heterocycles. The lowest BCUT2D eigenvalue weighted by Gasteiger charge is -2.16. The lowest BCUT2D eigenvalue weighted by Crippen LogP contribution is -2.12. The third-order valence-corrected chi connectivity index (χ3v) is 7.84. The van der Waals surface area contributed by atoms with Crippen LogP contribution in [0.4, 0.5) is 0 Å². The van der Waals surface area contributed by atoms with Crippen molar-refractivity contribution in [2.75, 3.05) is 67.3 Å². The zero-order valence-corrected chi connectivity index (χ0v) is 22.2. The van der Waals surface area contributed by atoms with Crippen molar-refractivity contribution in [3.05, 3.63) is 35.4 Å². The molecule has 0 saturated carbocycles. The highest BCUT2D eigenvalue weighted by Gasteiger charge is 2.22. The van der Waals surface area contributed by atoms with Gasteiger partial charge in [-0.3, -0.25) is 0 Å². The van der Waals surface area contributed by atoms with E-state index in [-0.39, 0.29) is 0 Å². The van der Waals surface area contributed by atoms with E-state index in [1.807, 2.05) is 47.8 Å². The van der Waals surface area contributed by atoms with Gasteiger partial charge in [-0.1, -0.05) is 0 Å². The van der Waals surface area contributed by atoms with Crippen molar-refractivity contribution < 1.29 is 28.4 Å². The maximum atomic E-state index is 5.34. The molecule has 4 rings (SSSR count). The predicted molar refractivity (Wildman–Crippen MR) is 139 cm³/mol. The minimum Gasteiger partial charge on any atom is -0.493 e. The lowest BCUT2D eigenvalue weighted by molar-refractivity contribution is 0.323. The first kappa shape index (κ1) is 26.5. The van der Waals surface area contributed by atoms with Gasteiger partial charge < -0.3 is 39.1 Å². The molecular formula is C24H34N2O6S2. The number of ether oxygens (including phenoxy) is 6. The van der Waals surface area contributed by atoms with E-state index in [1.165, 1.54) is 0 Å². The van der Waals surface area contributed by atoms with Crippen LogP contribution in [0.5, 0.6) is 34.5 Å². The Morgan fingerprint density at radius 3 is 1.09 bits per heavy atom. The average Bonchev–Trinajstić information content (AvgIpc) is 3.62. The third kappa shape index (κ3) is 6.10. The monoisotopic (exact) mass is 510 g/mol. The van der Waals surface area contributed by atoms with Gasteiger partial charge in [0.25, 0.3) is 0 Å². The number of hydrogen-bond donors (Lipinski definition) is 2. The summed E-state index contributed by atoms with van der Waals surface area (Å²) in [5.74, 6) is 6.35. The number of thioether (sulfide) groups is 2. The van der Waals surface area contributed by atoms with Crippen molar-refractivity contribution in [2.24, 2.45) is 0 Å². The van der Waals surface area contributed by atoms with Crippen LogP contribution in [-0.2, 0) is 0 Å². The van der Waals surface area contributed by atoms with Crippen molar-refractivity contribution in [3.8, 4) is 34.5 Å². The van der Waals surface area contributed by atoms with Gasteiger partial charge >= 0.3 is 0 Å². The molecule has 2 unspecified atom stereocenters. The Bertz CT molecular complexity index is 808. The number of hydrogen-bond acceptors (Lipinski definition) is 10. The molecule has 0 spiro atoms. The largest absolute Gasteiger partial charge is 0.493 e. The second-order valence-corrected chi connectivity index (χ2v) is 9.75. The Morgan fingerprint density at radius 1 is 0.559 bits per heavy atom. The summed E-state index contributed by atoms with van der Waals surface area (Å²) in [6.07, 6.45) is 0. The van der Waals surface area contributed by atoms with E-state index in [2.05, 4.69) is 10.6 Å². The van der Waals surface area contributed by atoms with Crippen LogP contribution in [0.25, 0.3) is 0 Å². The molecule has 2 atom stereocenters. The first-order valence-electron chi connectivity index (χ1n) is 10.9. The second kappa shape index (κ2) is 13.1. The summed E-state index contributed by atoms with van der Waals surface area (Å²) in [6, 6.07) is 7.99. The standard InChI is InChI=1S/2C12H17NO3S/c2*1-14-9-6-8(12-13-4-5-17-12)7-10(15-2)11(9)16-3/h2*6-7,12-13H,4-5H2,1-3H3. The van der Waals surface area contributed by atoms with Crippen molar-refractivity contribution in [1.82, 2.24) is 10.6 Å². The van der Waals surface area contributed by atoms with Crippen molar-refractivity contribution in [2.45, 2.75) is 10.7 Å². The van der Waals surface area contributed by atoms with Crippen LogP contribution in [0.2, 0.25) is 0 Å². The van der Waals surface area contributed by atoms with E-state index in [4.69, 9.17) is 28.4 Å². The van der Waals surface area contributed by atoms with Gasteiger partial charge in [0.1, 0.15) is 0 Å². The molecule has 2 aromatic rings. The molecular weight excluding hydrogens is 476 g/mol. The Labute approximate surface area is 210 Å². The van der Waals surface area contributed by atoms with Gasteiger partial charge in [-0.15, -0.1) is 23.5 Å². The minimum absolute atomic E-state index is 0.309. The molecule has 10 heteroatoms. The van der Waals surface area contributed by atoms with E-state index >= 15 is 0 Å². The fraction of sp³-hybridized carbons (Fsp3) is 0.500. The molecule has 8 nitrogen and oxygen atoms in total. The van der Waals surface area contributed by atoms with E-state index in [0.29, 0.717) is 45.2 Å². The lowest BCUT2D eigenvalue weighted by atomic mass is 10.1. The van der Waals surface area contributed by atoms with Crippen LogP contribution >= 0.6 is 23.5 Å². The SMILES string of the molecule is COc1cc(C2NCCS2)cc(OC)c1OC.COc1cc(C2NCCS2)cc(OC)c1OC. The molecule has 2 saturated heterocycles. The van der Waals surface area contributed by atoms with E-state index in [1.54, 1.807) is 42.7 Å². The first-order valence-corrected chi connectivity index (χ1v) is 13.0. The quantitative estimate of drug-likeness (QED) is 0.542. The first-order chi connectivity index (χ1) is 16.6. The summed E-state index contributed by atoms with van der Waals surface area (Å²) in [7, 11) is 9.77. The molecule has 2 heterocycles. The maximum absolute atomic E-state index is 5.34. The van der Waals surface area contributed by atoms with E-state index in [0.717, 1.165) is 35.7 Å². The smallest absolute Gasteiger partial charge is 0.203 e. The third-order valence-electron chi connectivity index (χ3n) is 5.41. The summed E-state index contributed by atoms with van der Waals surface area (Å²) in [6.45, 7) is 2.07. The van der Waals surface area contributed by atoms with Gasteiger partial charge in [-0.05, 0) is 35.4 Å². The predicted octanol–water partition coefficient (Wildman–Crippen LogP) is 4.09. The Balaban J connectivity index is 0.000000191. The zero-order chi connectivity index (χ0) is 24.5. The number of benzene rings is 2. The van der Waals surface area contributed by atoms with Crippen molar-refractivity contribution in [3.63, 3.8) is 0 Å². The maximum Gasteiger partial charge on any atom is 0.203 e. The zero-order valence-electron chi connectivity index (χ0n) is 20.6. The number of nitrogens with one attached hydrogen (secondary N) is 2. The van der Waals surface area contributed by atoms with Crippen molar-refractivity contribution >= 4 is 23.5 Å². The molecule has 2 aliphatic rings. The Kier molecular flexibility index (Phi) is 10.2. The summed E-state index contributed by atoms with van der Waals surface area (Å²) in [4.78, 5) is 0. The summed E-state index contributed by atoms with van der Waals surface area (Å²) in [5, 5.41) is 7.47. The Morgan fingerprint density at radius 2 is 0.882 bits per heavy atom. The van der Waals surface area contributed by atoms with Crippen molar-refractivity contribution in [1.29, 1.82) is 0 Å². The van der Waals surface area contributed by atoms with Gasteiger partial charge in [0.2, 0.25) is 11.5 Å². The molecule has 0 aromatic heterocycles. The summed E-state index contributed by atoms with van der Waals surface area (Å²) in [5.41, 5.74) is 2.31. The topological polar surface area (TPSA) is 79.4 Å². The highest BCUT2D eigenvalue weighted by Crippen LogP contribution is 2.43. The van der Waals surface area contributed by atoms with Crippen LogP contribution in [-0.4, -0.2) is 67.3 Å². The fourth-order valence-corrected chi connectivity index (χ4v) is 5.86.